The van der Waals surface area contributed by atoms with Gasteiger partial charge in [0.1, 0.15) is 5.01 Å². The van der Waals surface area contributed by atoms with Gasteiger partial charge in [0.2, 0.25) is 0 Å². The second kappa shape index (κ2) is 5.14. The summed E-state index contributed by atoms with van der Waals surface area (Å²) >= 11 is 8.10. The third kappa shape index (κ3) is 2.50. The Balaban J connectivity index is 1.59. The predicted molar refractivity (Wildman–Crippen MR) is 84.3 cm³/mol. The van der Waals surface area contributed by atoms with Crippen molar-refractivity contribution in [3.63, 3.8) is 0 Å². The summed E-state index contributed by atoms with van der Waals surface area (Å²) in [4.78, 5) is 8.85. The minimum absolute atomic E-state index is 0.799. The van der Waals surface area contributed by atoms with E-state index in [0.29, 0.717) is 0 Å². The van der Waals surface area contributed by atoms with E-state index in [1.165, 1.54) is 30.0 Å². The van der Waals surface area contributed by atoms with Crippen molar-refractivity contribution in [2.75, 3.05) is 13.1 Å². The summed E-state index contributed by atoms with van der Waals surface area (Å²) in [6.45, 7) is 3.52. The molecule has 104 valence electrons. The van der Waals surface area contributed by atoms with Crippen LogP contribution in [0.2, 0.25) is 5.02 Å². The Morgan fingerprint density at radius 3 is 2.95 bits per heavy atom. The number of benzene rings is 1. The Kier molecular flexibility index (Phi) is 3.29. The van der Waals surface area contributed by atoms with Crippen LogP contribution in [0.1, 0.15) is 23.4 Å². The van der Waals surface area contributed by atoms with Gasteiger partial charge in [0, 0.05) is 36.5 Å². The zero-order valence-electron chi connectivity index (χ0n) is 11.3. The first kappa shape index (κ1) is 12.8. The summed E-state index contributed by atoms with van der Waals surface area (Å²) in [6, 6.07) is 8.00. The molecule has 1 fully saturated rings. The molecule has 2 aromatic rings. The largest absolute Gasteiger partial charge is 0.298 e. The van der Waals surface area contributed by atoms with Crippen LogP contribution in [0.25, 0.3) is 10.6 Å². The van der Waals surface area contributed by atoms with Gasteiger partial charge in [0.25, 0.3) is 0 Å². The van der Waals surface area contributed by atoms with Crippen LogP contribution in [0.4, 0.5) is 0 Å². The average Bonchev–Trinajstić information content (AvgIpc) is 3.16. The van der Waals surface area contributed by atoms with Gasteiger partial charge in [0.15, 0.2) is 0 Å². The first-order chi connectivity index (χ1) is 9.79. The zero-order valence-corrected chi connectivity index (χ0v) is 12.9. The second-order valence-electron chi connectivity index (χ2n) is 5.80. The molecule has 4 rings (SSSR count). The highest BCUT2D eigenvalue weighted by Gasteiger charge is 2.27. The predicted octanol–water partition coefficient (Wildman–Crippen LogP) is 4.23. The fraction of sp³-hybridized carbons (Fsp3) is 0.438. The van der Waals surface area contributed by atoms with Gasteiger partial charge in [-0.15, -0.1) is 11.3 Å². The Bertz CT molecular complexity index is 633. The number of rotatable bonds is 3. The van der Waals surface area contributed by atoms with Crippen molar-refractivity contribution in [2.45, 2.75) is 25.8 Å². The highest BCUT2D eigenvalue weighted by Crippen LogP contribution is 2.36. The van der Waals surface area contributed by atoms with Crippen LogP contribution in [0.3, 0.4) is 0 Å². The smallest absolute Gasteiger partial charge is 0.125 e. The lowest BCUT2D eigenvalue weighted by atomic mass is 10.1. The molecule has 4 heteroatoms. The van der Waals surface area contributed by atoms with Crippen molar-refractivity contribution in [2.24, 2.45) is 5.92 Å². The van der Waals surface area contributed by atoms with Gasteiger partial charge < -0.3 is 0 Å². The van der Waals surface area contributed by atoms with Crippen molar-refractivity contribution in [3.05, 3.63) is 39.9 Å². The first-order valence-electron chi connectivity index (χ1n) is 7.25. The fourth-order valence-corrected chi connectivity index (χ4v) is 4.29. The maximum atomic E-state index is 6.28. The van der Waals surface area contributed by atoms with Gasteiger partial charge in [-0.25, -0.2) is 4.98 Å². The van der Waals surface area contributed by atoms with E-state index < -0.39 is 0 Å². The molecule has 2 aliphatic rings. The Labute approximate surface area is 128 Å². The molecule has 0 saturated heterocycles. The van der Waals surface area contributed by atoms with Gasteiger partial charge in [0.05, 0.1) is 10.7 Å². The van der Waals surface area contributed by atoms with Gasteiger partial charge in [-0.2, -0.15) is 0 Å². The van der Waals surface area contributed by atoms with Gasteiger partial charge >= 0.3 is 0 Å². The number of fused-ring (bicyclic) bond motifs is 1. The van der Waals surface area contributed by atoms with E-state index in [1.54, 1.807) is 0 Å². The summed E-state index contributed by atoms with van der Waals surface area (Å²) in [6.07, 6.45) is 3.94. The van der Waals surface area contributed by atoms with Gasteiger partial charge in [-0.05, 0) is 24.8 Å². The topological polar surface area (TPSA) is 16.1 Å². The summed E-state index contributed by atoms with van der Waals surface area (Å²) < 4.78 is 0. The molecular weight excluding hydrogens is 288 g/mol. The van der Waals surface area contributed by atoms with E-state index in [9.17, 15) is 0 Å². The molecular formula is C16H17ClN2S. The van der Waals surface area contributed by atoms with E-state index in [-0.39, 0.29) is 0 Å². The molecule has 1 aromatic carbocycles. The normalized spacial score (nSPS) is 19.1. The van der Waals surface area contributed by atoms with Crippen molar-refractivity contribution >= 4 is 22.9 Å². The lowest BCUT2D eigenvalue weighted by molar-refractivity contribution is 0.245. The van der Waals surface area contributed by atoms with Gasteiger partial charge in [-0.3, -0.25) is 4.90 Å². The lowest BCUT2D eigenvalue weighted by Crippen LogP contribution is -2.31. The molecule has 0 amide bonds. The van der Waals surface area contributed by atoms with E-state index in [4.69, 9.17) is 16.6 Å². The van der Waals surface area contributed by atoms with E-state index >= 15 is 0 Å². The molecule has 1 aliphatic heterocycles. The number of hydrogen-bond donors (Lipinski definition) is 0. The van der Waals surface area contributed by atoms with Crippen LogP contribution in [0.15, 0.2) is 24.3 Å². The molecule has 0 bridgehead atoms. The molecule has 0 N–H and O–H groups in total. The third-order valence-electron chi connectivity index (χ3n) is 4.13. The maximum Gasteiger partial charge on any atom is 0.125 e. The molecule has 1 saturated carbocycles. The third-order valence-corrected chi connectivity index (χ3v) is 5.57. The highest BCUT2D eigenvalue weighted by atomic mass is 35.5. The minimum atomic E-state index is 0.799. The Hall–Kier alpha value is -0.900. The van der Waals surface area contributed by atoms with Crippen molar-refractivity contribution in [1.29, 1.82) is 0 Å². The van der Waals surface area contributed by atoms with Crippen LogP contribution in [0.5, 0.6) is 0 Å². The van der Waals surface area contributed by atoms with Crippen LogP contribution < -0.4 is 0 Å². The number of thiazole rings is 1. The molecule has 0 atom stereocenters. The molecule has 0 spiro atoms. The standard InChI is InChI=1S/C16H17ClN2S/c17-13-4-2-1-3-12(13)16-18-14-7-8-19(9-11-5-6-11)10-15(14)20-16/h1-4,11H,5-10H2. The molecule has 0 radical (unpaired) electrons. The van der Waals surface area contributed by atoms with E-state index in [1.807, 2.05) is 29.5 Å². The van der Waals surface area contributed by atoms with Crippen molar-refractivity contribution in [3.8, 4) is 10.6 Å². The zero-order chi connectivity index (χ0) is 13.5. The second-order valence-corrected chi connectivity index (χ2v) is 7.29. The Morgan fingerprint density at radius 2 is 2.15 bits per heavy atom. The van der Waals surface area contributed by atoms with Crippen LogP contribution >= 0.6 is 22.9 Å². The molecule has 20 heavy (non-hydrogen) atoms. The monoisotopic (exact) mass is 304 g/mol. The first-order valence-corrected chi connectivity index (χ1v) is 8.45. The van der Waals surface area contributed by atoms with E-state index in [0.717, 1.165) is 41.0 Å². The summed E-state index contributed by atoms with van der Waals surface area (Å²) in [5.41, 5.74) is 2.36. The van der Waals surface area contributed by atoms with Crippen molar-refractivity contribution < 1.29 is 0 Å². The molecule has 2 nitrogen and oxygen atoms in total. The van der Waals surface area contributed by atoms with Crippen LogP contribution in [-0.4, -0.2) is 23.0 Å². The molecule has 2 heterocycles. The number of nitrogens with zero attached hydrogens (tertiary/aromatic N) is 2. The lowest BCUT2D eigenvalue weighted by Gasteiger charge is -2.25. The quantitative estimate of drug-likeness (QED) is 0.843. The van der Waals surface area contributed by atoms with Crippen molar-refractivity contribution in [1.82, 2.24) is 9.88 Å². The molecule has 1 aromatic heterocycles. The summed E-state index contributed by atoms with van der Waals surface area (Å²) in [5, 5.41) is 1.88. The number of aromatic nitrogens is 1. The highest BCUT2D eigenvalue weighted by molar-refractivity contribution is 7.15. The number of halogens is 1. The SMILES string of the molecule is Clc1ccccc1-c1nc2c(s1)CN(CC1CC1)CC2. The van der Waals surface area contributed by atoms with E-state index in [2.05, 4.69) is 11.0 Å². The fourth-order valence-electron chi connectivity index (χ4n) is 2.82. The number of hydrogen-bond acceptors (Lipinski definition) is 3. The van der Waals surface area contributed by atoms with Crippen LogP contribution in [0, 0.1) is 5.92 Å². The molecule has 0 unspecified atom stereocenters. The average molecular weight is 305 g/mol. The summed E-state index contributed by atoms with van der Waals surface area (Å²) in [5.74, 6) is 0.965. The minimum Gasteiger partial charge on any atom is -0.298 e. The van der Waals surface area contributed by atoms with Crippen LogP contribution in [-0.2, 0) is 13.0 Å². The summed E-state index contributed by atoms with van der Waals surface area (Å²) in [7, 11) is 0. The molecule has 1 aliphatic carbocycles. The maximum absolute atomic E-state index is 6.28. The Morgan fingerprint density at radius 1 is 1.30 bits per heavy atom. The van der Waals surface area contributed by atoms with Gasteiger partial charge in [-0.1, -0.05) is 29.8 Å².